The Morgan fingerprint density at radius 1 is 1.17 bits per heavy atom. The van der Waals surface area contributed by atoms with E-state index >= 15 is 0 Å². The van der Waals surface area contributed by atoms with Gasteiger partial charge in [-0.2, -0.15) is 0 Å². The summed E-state index contributed by atoms with van der Waals surface area (Å²) in [4.78, 5) is 4.32. The third kappa shape index (κ3) is 1.37. The lowest BCUT2D eigenvalue weighted by Gasteiger charge is -2.06. The van der Waals surface area contributed by atoms with Gasteiger partial charge < -0.3 is 5.32 Å². The maximum absolute atomic E-state index is 4.32. The van der Waals surface area contributed by atoms with E-state index in [-0.39, 0.29) is 0 Å². The molecule has 0 amide bonds. The van der Waals surface area contributed by atoms with Crippen LogP contribution in [0, 0.1) is 0 Å². The van der Waals surface area contributed by atoms with Crippen LogP contribution < -0.4 is 5.32 Å². The number of hydrogen-bond donors (Lipinski definition) is 1. The molecule has 1 aliphatic heterocycles. The van der Waals surface area contributed by atoms with Crippen LogP contribution in [0.3, 0.4) is 0 Å². The molecule has 1 aliphatic rings. The Hall–Kier alpha value is -1.57. The van der Waals surface area contributed by atoms with Crippen LogP contribution in [0.25, 0.3) is 0 Å². The second-order valence-electron chi connectivity index (χ2n) is 2.60. The van der Waals surface area contributed by atoms with Gasteiger partial charge in [0, 0.05) is 0 Å². The van der Waals surface area contributed by atoms with Crippen molar-refractivity contribution in [2.24, 2.45) is 4.99 Å². The molecule has 1 N–H and O–H groups in total. The second-order valence-corrected chi connectivity index (χ2v) is 2.60. The fourth-order valence-electron chi connectivity index (χ4n) is 1.17. The third-order valence-corrected chi connectivity index (χ3v) is 1.77. The SMILES string of the molecule is C1=CC(c2ccccc2)=NCN1. The molecule has 0 aliphatic carbocycles. The maximum atomic E-state index is 4.32. The number of aliphatic imine (C=N–C) groups is 1. The number of nitrogens with one attached hydrogen (secondary N) is 1. The lowest BCUT2D eigenvalue weighted by molar-refractivity contribution is 0.874. The van der Waals surface area contributed by atoms with Crippen molar-refractivity contribution in [3.8, 4) is 0 Å². The molecule has 0 fully saturated rings. The molecule has 12 heavy (non-hydrogen) atoms. The lowest BCUT2D eigenvalue weighted by Crippen LogP contribution is -2.13. The normalized spacial score (nSPS) is 15.2. The molecule has 0 saturated heterocycles. The first-order chi connectivity index (χ1) is 5.97. The van der Waals surface area contributed by atoms with E-state index in [9.17, 15) is 0 Å². The Bertz CT molecular complexity index is 312. The number of nitrogens with zero attached hydrogens (tertiary/aromatic N) is 1. The highest BCUT2D eigenvalue weighted by atomic mass is 15.0. The number of rotatable bonds is 1. The molecule has 60 valence electrons. The Morgan fingerprint density at radius 3 is 2.67 bits per heavy atom. The maximum Gasteiger partial charge on any atom is 0.108 e. The Morgan fingerprint density at radius 2 is 2.00 bits per heavy atom. The summed E-state index contributed by atoms with van der Waals surface area (Å²) in [6.07, 6.45) is 3.91. The molecule has 0 saturated carbocycles. The van der Waals surface area contributed by atoms with Crippen molar-refractivity contribution >= 4 is 5.71 Å². The van der Waals surface area contributed by atoms with Gasteiger partial charge in [0.2, 0.25) is 0 Å². The zero-order valence-corrected chi connectivity index (χ0v) is 6.70. The van der Waals surface area contributed by atoms with Gasteiger partial charge in [-0.15, -0.1) is 0 Å². The van der Waals surface area contributed by atoms with Gasteiger partial charge in [-0.1, -0.05) is 30.3 Å². The van der Waals surface area contributed by atoms with E-state index in [1.165, 1.54) is 5.56 Å². The third-order valence-electron chi connectivity index (χ3n) is 1.77. The summed E-state index contributed by atoms with van der Waals surface area (Å²) in [6.45, 7) is 0.681. The number of benzene rings is 1. The van der Waals surface area contributed by atoms with Crippen LogP contribution in [-0.4, -0.2) is 12.4 Å². The van der Waals surface area contributed by atoms with Crippen LogP contribution >= 0.6 is 0 Å². The molecule has 2 rings (SSSR count). The minimum atomic E-state index is 0.681. The summed E-state index contributed by atoms with van der Waals surface area (Å²) in [7, 11) is 0. The summed E-state index contributed by atoms with van der Waals surface area (Å²) < 4.78 is 0. The molecular formula is C10H10N2. The topological polar surface area (TPSA) is 24.4 Å². The molecule has 1 aromatic carbocycles. The van der Waals surface area contributed by atoms with E-state index in [1.54, 1.807) is 0 Å². The van der Waals surface area contributed by atoms with Gasteiger partial charge in [0.15, 0.2) is 0 Å². The Labute approximate surface area is 71.6 Å². The van der Waals surface area contributed by atoms with Crippen molar-refractivity contribution in [2.45, 2.75) is 0 Å². The first kappa shape index (κ1) is 7.10. The highest BCUT2D eigenvalue weighted by Crippen LogP contribution is 2.03. The molecule has 0 radical (unpaired) electrons. The number of hydrogen-bond acceptors (Lipinski definition) is 2. The summed E-state index contributed by atoms with van der Waals surface area (Å²) in [5, 5.41) is 3.02. The summed E-state index contributed by atoms with van der Waals surface area (Å²) in [5.74, 6) is 0. The standard InChI is InChI=1S/C10H10N2/c1-2-4-9(5-3-1)10-6-7-11-8-12-10/h1-7,11H,8H2. The van der Waals surface area contributed by atoms with Crippen molar-refractivity contribution in [3.63, 3.8) is 0 Å². The van der Waals surface area contributed by atoms with Crippen LogP contribution in [0.1, 0.15) is 5.56 Å². The second kappa shape index (κ2) is 3.22. The molecule has 0 spiro atoms. The predicted molar refractivity (Wildman–Crippen MR) is 50.1 cm³/mol. The first-order valence-electron chi connectivity index (χ1n) is 3.96. The van der Waals surface area contributed by atoms with Crippen molar-refractivity contribution in [1.82, 2.24) is 5.32 Å². The molecular weight excluding hydrogens is 148 g/mol. The van der Waals surface area contributed by atoms with Crippen LogP contribution in [0.2, 0.25) is 0 Å². The fraction of sp³-hybridized carbons (Fsp3) is 0.100. The molecule has 2 heteroatoms. The van der Waals surface area contributed by atoms with Crippen LogP contribution in [0.5, 0.6) is 0 Å². The van der Waals surface area contributed by atoms with E-state index < -0.39 is 0 Å². The average molecular weight is 158 g/mol. The molecule has 0 unspecified atom stereocenters. The monoisotopic (exact) mass is 158 g/mol. The summed E-state index contributed by atoms with van der Waals surface area (Å²) in [5.41, 5.74) is 2.23. The van der Waals surface area contributed by atoms with Gasteiger partial charge in [0.05, 0.1) is 5.71 Å². The highest BCUT2D eigenvalue weighted by molar-refractivity contribution is 6.08. The van der Waals surface area contributed by atoms with Gasteiger partial charge in [-0.25, -0.2) is 0 Å². The lowest BCUT2D eigenvalue weighted by atomic mass is 10.1. The van der Waals surface area contributed by atoms with Crippen LogP contribution in [0.15, 0.2) is 47.6 Å². The van der Waals surface area contributed by atoms with Crippen molar-refractivity contribution < 1.29 is 0 Å². The smallest absolute Gasteiger partial charge is 0.108 e. The van der Waals surface area contributed by atoms with Gasteiger partial charge >= 0.3 is 0 Å². The van der Waals surface area contributed by atoms with Gasteiger partial charge in [0.25, 0.3) is 0 Å². The van der Waals surface area contributed by atoms with E-state index in [0.717, 1.165) is 5.71 Å². The molecule has 0 atom stereocenters. The zero-order chi connectivity index (χ0) is 8.23. The fourth-order valence-corrected chi connectivity index (χ4v) is 1.17. The number of allylic oxidation sites excluding steroid dienone is 1. The Kier molecular flexibility index (Phi) is 1.90. The molecule has 1 aromatic rings. The zero-order valence-electron chi connectivity index (χ0n) is 6.70. The largest absolute Gasteiger partial charge is 0.372 e. The summed E-state index contributed by atoms with van der Waals surface area (Å²) in [6, 6.07) is 10.2. The minimum Gasteiger partial charge on any atom is -0.372 e. The molecule has 2 nitrogen and oxygen atoms in total. The first-order valence-corrected chi connectivity index (χ1v) is 3.96. The minimum absolute atomic E-state index is 0.681. The van der Waals surface area contributed by atoms with Crippen molar-refractivity contribution in [2.75, 3.05) is 6.67 Å². The molecule has 1 heterocycles. The van der Waals surface area contributed by atoms with Crippen molar-refractivity contribution in [1.29, 1.82) is 0 Å². The van der Waals surface area contributed by atoms with Crippen LogP contribution in [-0.2, 0) is 0 Å². The van der Waals surface area contributed by atoms with Gasteiger partial charge in [-0.3, -0.25) is 4.99 Å². The van der Waals surface area contributed by atoms with Gasteiger partial charge in [-0.05, 0) is 17.8 Å². The van der Waals surface area contributed by atoms with Gasteiger partial charge in [0.1, 0.15) is 6.67 Å². The summed E-state index contributed by atoms with van der Waals surface area (Å²) >= 11 is 0. The van der Waals surface area contributed by atoms with E-state index in [0.29, 0.717) is 6.67 Å². The van der Waals surface area contributed by atoms with E-state index in [2.05, 4.69) is 22.4 Å². The average Bonchev–Trinajstić information content (AvgIpc) is 2.21. The van der Waals surface area contributed by atoms with E-state index in [4.69, 9.17) is 0 Å². The Balaban J connectivity index is 2.31. The molecule has 0 aromatic heterocycles. The highest BCUT2D eigenvalue weighted by Gasteiger charge is 1.99. The molecule has 0 bridgehead atoms. The quantitative estimate of drug-likeness (QED) is 0.658. The predicted octanol–water partition coefficient (Wildman–Crippen LogP) is 1.55. The van der Waals surface area contributed by atoms with Crippen molar-refractivity contribution in [3.05, 3.63) is 48.2 Å². The van der Waals surface area contributed by atoms with Crippen LogP contribution in [0.4, 0.5) is 0 Å². The van der Waals surface area contributed by atoms with E-state index in [1.807, 2.05) is 30.5 Å².